The van der Waals surface area contributed by atoms with Crippen LogP contribution in [-0.2, 0) is 0 Å². The minimum Gasteiger partial charge on any atom is -0.313 e. The summed E-state index contributed by atoms with van der Waals surface area (Å²) in [6.07, 6.45) is 4.00. The largest absolute Gasteiger partial charge is 0.313 e. The molecule has 1 atom stereocenters. The van der Waals surface area contributed by atoms with Crippen molar-refractivity contribution in [2.24, 2.45) is 0 Å². The third-order valence-corrected chi connectivity index (χ3v) is 3.96. The molecule has 0 aromatic carbocycles. The minimum atomic E-state index is 0.698. The van der Waals surface area contributed by atoms with E-state index in [0.29, 0.717) is 6.04 Å². The molecule has 1 unspecified atom stereocenters. The first-order chi connectivity index (χ1) is 7.33. The summed E-state index contributed by atoms with van der Waals surface area (Å²) in [5.41, 5.74) is 0. The van der Waals surface area contributed by atoms with Crippen LogP contribution >= 0.6 is 11.8 Å². The highest BCUT2D eigenvalue weighted by Crippen LogP contribution is 2.08. The third-order valence-electron chi connectivity index (χ3n) is 3.02. The van der Waals surface area contributed by atoms with E-state index in [2.05, 4.69) is 35.8 Å². The lowest BCUT2D eigenvalue weighted by molar-refractivity contribution is 0.294. The van der Waals surface area contributed by atoms with Gasteiger partial charge < -0.3 is 10.2 Å². The molecule has 0 radical (unpaired) electrons. The molecule has 0 amide bonds. The molecule has 0 aromatic heterocycles. The molecule has 1 N–H and O–H groups in total. The summed E-state index contributed by atoms with van der Waals surface area (Å²) in [7, 11) is 0. The predicted octanol–water partition coefficient (Wildman–Crippen LogP) is 2.20. The van der Waals surface area contributed by atoms with Crippen LogP contribution in [0.2, 0.25) is 0 Å². The zero-order chi connectivity index (χ0) is 10.9. The molecule has 0 aromatic rings. The van der Waals surface area contributed by atoms with Crippen LogP contribution < -0.4 is 5.32 Å². The molecule has 2 nitrogen and oxygen atoms in total. The van der Waals surface area contributed by atoms with Crippen molar-refractivity contribution in [3.05, 3.63) is 0 Å². The standard InChI is InChI=1S/C12H26N2S/c1-3-4-5-12(2)13-6-7-14-8-10-15-11-9-14/h12-13H,3-11H2,1-2H3. The van der Waals surface area contributed by atoms with Crippen LogP contribution in [-0.4, -0.2) is 48.6 Å². The van der Waals surface area contributed by atoms with E-state index < -0.39 is 0 Å². The van der Waals surface area contributed by atoms with Crippen LogP contribution in [0.15, 0.2) is 0 Å². The normalized spacial score (nSPS) is 20.4. The molecule has 1 fully saturated rings. The van der Waals surface area contributed by atoms with E-state index in [1.165, 1.54) is 50.4 Å². The summed E-state index contributed by atoms with van der Waals surface area (Å²) in [5.74, 6) is 2.65. The van der Waals surface area contributed by atoms with Crippen LogP contribution in [0.4, 0.5) is 0 Å². The summed E-state index contributed by atoms with van der Waals surface area (Å²) in [4.78, 5) is 2.58. The van der Waals surface area contributed by atoms with Crippen molar-refractivity contribution in [2.75, 3.05) is 37.7 Å². The van der Waals surface area contributed by atoms with E-state index in [0.717, 1.165) is 6.54 Å². The SMILES string of the molecule is CCCCC(C)NCCN1CCSCC1. The number of nitrogens with one attached hydrogen (secondary N) is 1. The van der Waals surface area contributed by atoms with Crippen LogP contribution in [0, 0.1) is 0 Å². The lowest BCUT2D eigenvalue weighted by Crippen LogP contribution is -2.39. The van der Waals surface area contributed by atoms with Gasteiger partial charge in [-0.2, -0.15) is 11.8 Å². The highest BCUT2D eigenvalue weighted by Gasteiger charge is 2.09. The lowest BCUT2D eigenvalue weighted by atomic mass is 10.1. The maximum atomic E-state index is 3.62. The van der Waals surface area contributed by atoms with Gasteiger partial charge in [-0.15, -0.1) is 0 Å². The Morgan fingerprint density at radius 2 is 2.07 bits per heavy atom. The van der Waals surface area contributed by atoms with E-state index in [4.69, 9.17) is 0 Å². The van der Waals surface area contributed by atoms with Crippen molar-refractivity contribution in [1.82, 2.24) is 10.2 Å². The Labute approximate surface area is 99.2 Å². The van der Waals surface area contributed by atoms with E-state index >= 15 is 0 Å². The Bertz CT molecular complexity index is 147. The first-order valence-corrected chi connectivity index (χ1v) is 7.52. The summed E-state index contributed by atoms with van der Waals surface area (Å²) in [6.45, 7) is 9.54. The molecule has 0 aliphatic carbocycles. The van der Waals surface area contributed by atoms with Gasteiger partial charge in [0.05, 0.1) is 0 Å². The zero-order valence-electron chi connectivity index (χ0n) is 10.3. The number of nitrogens with zero attached hydrogens (tertiary/aromatic N) is 1. The Kier molecular flexibility index (Phi) is 7.49. The number of hydrogen-bond donors (Lipinski definition) is 1. The molecular weight excluding hydrogens is 204 g/mol. The number of rotatable bonds is 7. The van der Waals surface area contributed by atoms with E-state index in [-0.39, 0.29) is 0 Å². The molecule has 1 heterocycles. The molecule has 0 bridgehead atoms. The fourth-order valence-electron chi connectivity index (χ4n) is 1.91. The summed E-state index contributed by atoms with van der Waals surface area (Å²) in [6, 6.07) is 0.698. The van der Waals surface area contributed by atoms with Crippen molar-refractivity contribution in [3.8, 4) is 0 Å². The molecule has 90 valence electrons. The Hall–Kier alpha value is 0.270. The molecule has 1 saturated heterocycles. The fraction of sp³-hybridized carbons (Fsp3) is 1.00. The van der Waals surface area contributed by atoms with Gasteiger partial charge in [0.15, 0.2) is 0 Å². The Morgan fingerprint density at radius 1 is 1.33 bits per heavy atom. The molecule has 1 rings (SSSR count). The average Bonchev–Trinajstić information content (AvgIpc) is 2.28. The van der Waals surface area contributed by atoms with Gasteiger partial charge in [0, 0.05) is 43.7 Å². The van der Waals surface area contributed by atoms with Crippen molar-refractivity contribution >= 4 is 11.8 Å². The van der Waals surface area contributed by atoms with E-state index in [1.807, 2.05) is 0 Å². The Morgan fingerprint density at radius 3 is 2.73 bits per heavy atom. The van der Waals surface area contributed by atoms with Crippen LogP contribution in [0.5, 0.6) is 0 Å². The second-order valence-corrected chi connectivity index (χ2v) is 5.68. The van der Waals surface area contributed by atoms with Gasteiger partial charge in [-0.25, -0.2) is 0 Å². The van der Waals surface area contributed by atoms with Gasteiger partial charge in [-0.05, 0) is 13.3 Å². The second kappa shape index (κ2) is 8.43. The quantitative estimate of drug-likeness (QED) is 0.722. The minimum absolute atomic E-state index is 0.698. The van der Waals surface area contributed by atoms with Gasteiger partial charge >= 0.3 is 0 Å². The van der Waals surface area contributed by atoms with Crippen molar-refractivity contribution in [2.45, 2.75) is 39.2 Å². The van der Waals surface area contributed by atoms with Crippen LogP contribution in [0.3, 0.4) is 0 Å². The summed E-state index contributed by atoms with van der Waals surface area (Å²) < 4.78 is 0. The topological polar surface area (TPSA) is 15.3 Å². The predicted molar refractivity (Wildman–Crippen MR) is 70.8 cm³/mol. The molecule has 0 saturated carbocycles. The molecule has 15 heavy (non-hydrogen) atoms. The van der Waals surface area contributed by atoms with Gasteiger partial charge in [0.25, 0.3) is 0 Å². The van der Waals surface area contributed by atoms with Crippen molar-refractivity contribution in [3.63, 3.8) is 0 Å². The van der Waals surface area contributed by atoms with Crippen LogP contribution in [0.1, 0.15) is 33.1 Å². The van der Waals surface area contributed by atoms with Crippen molar-refractivity contribution < 1.29 is 0 Å². The van der Waals surface area contributed by atoms with E-state index in [9.17, 15) is 0 Å². The first kappa shape index (κ1) is 13.3. The second-order valence-electron chi connectivity index (χ2n) is 4.45. The fourth-order valence-corrected chi connectivity index (χ4v) is 2.88. The summed E-state index contributed by atoms with van der Waals surface area (Å²) >= 11 is 2.09. The highest BCUT2D eigenvalue weighted by atomic mass is 32.2. The van der Waals surface area contributed by atoms with Gasteiger partial charge in [-0.1, -0.05) is 19.8 Å². The monoisotopic (exact) mass is 230 g/mol. The lowest BCUT2D eigenvalue weighted by Gasteiger charge is -2.26. The third kappa shape index (κ3) is 6.44. The maximum absolute atomic E-state index is 3.62. The first-order valence-electron chi connectivity index (χ1n) is 6.36. The van der Waals surface area contributed by atoms with Gasteiger partial charge in [0.1, 0.15) is 0 Å². The smallest absolute Gasteiger partial charge is 0.0108 e. The summed E-state index contributed by atoms with van der Waals surface area (Å²) in [5, 5.41) is 3.62. The van der Waals surface area contributed by atoms with Crippen LogP contribution in [0.25, 0.3) is 0 Å². The number of thioether (sulfide) groups is 1. The molecule has 0 spiro atoms. The molecular formula is C12H26N2S. The highest BCUT2D eigenvalue weighted by molar-refractivity contribution is 7.99. The number of unbranched alkanes of at least 4 members (excludes halogenated alkanes) is 1. The number of hydrogen-bond acceptors (Lipinski definition) is 3. The Balaban J connectivity index is 1.94. The zero-order valence-corrected chi connectivity index (χ0v) is 11.1. The average molecular weight is 230 g/mol. The van der Waals surface area contributed by atoms with Gasteiger partial charge in [0.2, 0.25) is 0 Å². The molecule has 1 aliphatic heterocycles. The molecule has 3 heteroatoms. The van der Waals surface area contributed by atoms with Crippen molar-refractivity contribution in [1.29, 1.82) is 0 Å². The van der Waals surface area contributed by atoms with Gasteiger partial charge in [-0.3, -0.25) is 0 Å². The van der Waals surface area contributed by atoms with E-state index in [1.54, 1.807) is 0 Å². The molecule has 1 aliphatic rings. The maximum Gasteiger partial charge on any atom is 0.0108 e.